The van der Waals surface area contributed by atoms with E-state index < -0.39 is 0 Å². The quantitative estimate of drug-likeness (QED) is 0.851. The number of hydrogen-bond acceptors (Lipinski definition) is 7. The van der Waals surface area contributed by atoms with Crippen LogP contribution in [0.25, 0.3) is 0 Å². The van der Waals surface area contributed by atoms with Crippen LogP contribution in [0.2, 0.25) is 0 Å². The number of aromatic nitrogens is 3. The minimum absolute atomic E-state index is 0.124. The van der Waals surface area contributed by atoms with Crippen LogP contribution in [-0.2, 0) is 6.42 Å². The SMILES string of the molecule is CCc1noc([C@H](C)N2CCN(c3ccc(C#N)cn3)CC2)n1. The Hall–Kier alpha value is -2.46. The van der Waals surface area contributed by atoms with Crippen molar-refractivity contribution in [2.75, 3.05) is 31.1 Å². The van der Waals surface area contributed by atoms with Crippen molar-refractivity contribution in [1.82, 2.24) is 20.0 Å². The fraction of sp³-hybridized carbons (Fsp3) is 0.500. The number of aryl methyl sites for hydroxylation is 1. The standard InChI is InChI=1S/C16H20N6O/c1-3-14-19-16(23-20-14)12(2)21-6-8-22(9-7-21)15-5-4-13(10-17)11-18-15/h4-5,11-12H,3,6-9H2,1-2H3/t12-/m0/s1. The van der Waals surface area contributed by atoms with Crippen LogP contribution in [-0.4, -0.2) is 46.2 Å². The first-order chi connectivity index (χ1) is 11.2. The molecule has 7 heteroatoms. The summed E-state index contributed by atoms with van der Waals surface area (Å²) >= 11 is 0. The lowest BCUT2D eigenvalue weighted by molar-refractivity contribution is 0.164. The molecule has 0 aliphatic carbocycles. The summed E-state index contributed by atoms with van der Waals surface area (Å²) in [5, 5.41) is 12.8. The van der Waals surface area contributed by atoms with E-state index in [1.54, 1.807) is 6.20 Å². The molecular formula is C16H20N6O. The maximum absolute atomic E-state index is 8.83. The predicted molar refractivity (Wildman–Crippen MR) is 84.8 cm³/mol. The van der Waals surface area contributed by atoms with Crippen LogP contribution in [0, 0.1) is 11.3 Å². The van der Waals surface area contributed by atoms with Gasteiger partial charge in [0.05, 0.1) is 11.6 Å². The van der Waals surface area contributed by atoms with Gasteiger partial charge in [0.15, 0.2) is 5.82 Å². The van der Waals surface area contributed by atoms with Crippen molar-refractivity contribution in [2.45, 2.75) is 26.3 Å². The van der Waals surface area contributed by atoms with Gasteiger partial charge >= 0.3 is 0 Å². The molecule has 2 aromatic rings. The first kappa shape index (κ1) is 15.4. The number of nitrogens with zero attached hydrogens (tertiary/aromatic N) is 6. The Kier molecular flexibility index (Phi) is 4.53. The maximum atomic E-state index is 8.83. The van der Waals surface area contributed by atoms with E-state index in [9.17, 15) is 0 Å². The van der Waals surface area contributed by atoms with Gasteiger partial charge in [0.2, 0.25) is 5.89 Å². The molecule has 1 saturated heterocycles. The number of piperazine rings is 1. The zero-order valence-electron chi connectivity index (χ0n) is 13.4. The third-order valence-electron chi connectivity index (χ3n) is 4.22. The number of nitriles is 1. The predicted octanol–water partition coefficient (Wildman–Crippen LogP) is 1.78. The minimum Gasteiger partial charge on any atom is -0.354 e. The second-order valence-corrected chi connectivity index (χ2v) is 5.62. The smallest absolute Gasteiger partial charge is 0.243 e. The van der Waals surface area contributed by atoms with E-state index >= 15 is 0 Å². The molecule has 0 spiro atoms. The molecule has 0 radical (unpaired) electrons. The molecule has 120 valence electrons. The van der Waals surface area contributed by atoms with E-state index in [1.807, 2.05) is 19.1 Å². The molecule has 0 bridgehead atoms. The summed E-state index contributed by atoms with van der Waals surface area (Å²) in [5.74, 6) is 2.36. The largest absolute Gasteiger partial charge is 0.354 e. The highest BCUT2D eigenvalue weighted by molar-refractivity contribution is 5.42. The van der Waals surface area contributed by atoms with Crippen LogP contribution in [0.4, 0.5) is 5.82 Å². The molecule has 2 aromatic heterocycles. The average molecular weight is 312 g/mol. The second kappa shape index (κ2) is 6.75. The van der Waals surface area contributed by atoms with Crippen LogP contribution >= 0.6 is 0 Å². The van der Waals surface area contributed by atoms with Crippen LogP contribution in [0.15, 0.2) is 22.9 Å². The molecule has 1 fully saturated rings. The highest BCUT2D eigenvalue weighted by atomic mass is 16.5. The molecule has 0 aromatic carbocycles. The highest BCUT2D eigenvalue weighted by Crippen LogP contribution is 2.22. The lowest BCUT2D eigenvalue weighted by Gasteiger charge is -2.37. The van der Waals surface area contributed by atoms with Gasteiger partial charge in [-0.05, 0) is 19.1 Å². The van der Waals surface area contributed by atoms with E-state index in [0.717, 1.165) is 44.2 Å². The van der Waals surface area contributed by atoms with E-state index in [0.29, 0.717) is 11.5 Å². The van der Waals surface area contributed by atoms with Crippen LogP contribution in [0.1, 0.15) is 37.2 Å². The zero-order valence-corrected chi connectivity index (χ0v) is 13.4. The Bertz CT molecular complexity index is 681. The molecule has 0 N–H and O–H groups in total. The Labute approximate surface area is 135 Å². The molecule has 0 unspecified atom stereocenters. The van der Waals surface area contributed by atoms with Gasteiger partial charge in [-0.25, -0.2) is 4.98 Å². The van der Waals surface area contributed by atoms with Gasteiger partial charge < -0.3 is 9.42 Å². The Morgan fingerprint density at radius 1 is 1.30 bits per heavy atom. The van der Waals surface area contributed by atoms with Crippen molar-refractivity contribution in [2.24, 2.45) is 0 Å². The maximum Gasteiger partial charge on any atom is 0.243 e. The van der Waals surface area contributed by atoms with Crippen molar-refractivity contribution < 1.29 is 4.52 Å². The van der Waals surface area contributed by atoms with Gasteiger partial charge in [0.1, 0.15) is 11.9 Å². The second-order valence-electron chi connectivity index (χ2n) is 5.62. The monoisotopic (exact) mass is 312 g/mol. The first-order valence-corrected chi connectivity index (χ1v) is 7.89. The number of pyridine rings is 1. The van der Waals surface area contributed by atoms with Crippen molar-refractivity contribution in [3.05, 3.63) is 35.6 Å². The third kappa shape index (κ3) is 3.32. The number of hydrogen-bond donors (Lipinski definition) is 0. The molecule has 3 heterocycles. The van der Waals surface area contributed by atoms with Gasteiger partial charge in [0.25, 0.3) is 0 Å². The van der Waals surface area contributed by atoms with Gasteiger partial charge in [-0.2, -0.15) is 10.2 Å². The Morgan fingerprint density at radius 2 is 2.09 bits per heavy atom. The van der Waals surface area contributed by atoms with Crippen LogP contribution < -0.4 is 4.90 Å². The molecular weight excluding hydrogens is 292 g/mol. The summed E-state index contributed by atoms with van der Waals surface area (Å²) < 4.78 is 5.35. The minimum atomic E-state index is 0.124. The fourth-order valence-corrected chi connectivity index (χ4v) is 2.71. The molecule has 3 rings (SSSR count). The summed E-state index contributed by atoms with van der Waals surface area (Å²) in [6, 6.07) is 5.93. The summed E-state index contributed by atoms with van der Waals surface area (Å²) in [5.41, 5.74) is 0.587. The van der Waals surface area contributed by atoms with E-state index in [-0.39, 0.29) is 6.04 Å². The Morgan fingerprint density at radius 3 is 2.65 bits per heavy atom. The zero-order chi connectivity index (χ0) is 16.2. The fourth-order valence-electron chi connectivity index (χ4n) is 2.71. The normalized spacial score (nSPS) is 17.0. The van der Waals surface area contributed by atoms with Gasteiger partial charge in [-0.15, -0.1) is 0 Å². The lowest BCUT2D eigenvalue weighted by Crippen LogP contribution is -2.47. The van der Waals surface area contributed by atoms with Gasteiger partial charge in [-0.1, -0.05) is 12.1 Å². The van der Waals surface area contributed by atoms with Crippen LogP contribution in [0.5, 0.6) is 0 Å². The van der Waals surface area contributed by atoms with E-state index in [1.165, 1.54) is 0 Å². The highest BCUT2D eigenvalue weighted by Gasteiger charge is 2.26. The molecule has 7 nitrogen and oxygen atoms in total. The van der Waals surface area contributed by atoms with Crippen molar-refractivity contribution in [3.63, 3.8) is 0 Å². The van der Waals surface area contributed by atoms with Crippen molar-refractivity contribution >= 4 is 5.82 Å². The molecule has 1 aliphatic rings. The van der Waals surface area contributed by atoms with E-state index in [4.69, 9.17) is 9.78 Å². The lowest BCUT2D eigenvalue weighted by atomic mass is 10.2. The topological polar surface area (TPSA) is 82.1 Å². The number of anilines is 1. The molecule has 0 amide bonds. The number of rotatable bonds is 4. The van der Waals surface area contributed by atoms with Crippen molar-refractivity contribution in [3.8, 4) is 6.07 Å². The van der Waals surface area contributed by atoms with E-state index in [2.05, 4.69) is 37.9 Å². The molecule has 23 heavy (non-hydrogen) atoms. The molecule has 0 saturated carbocycles. The Balaban J connectivity index is 1.60. The van der Waals surface area contributed by atoms with Crippen LogP contribution in [0.3, 0.4) is 0 Å². The summed E-state index contributed by atoms with van der Waals surface area (Å²) in [7, 11) is 0. The summed E-state index contributed by atoms with van der Waals surface area (Å²) in [6.07, 6.45) is 2.41. The average Bonchev–Trinajstić information content (AvgIpc) is 3.10. The molecule has 1 atom stereocenters. The molecule has 1 aliphatic heterocycles. The summed E-state index contributed by atoms with van der Waals surface area (Å²) in [4.78, 5) is 13.4. The van der Waals surface area contributed by atoms with Gasteiger partial charge in [0, 0.05) is 38.8 Å². The summed E-state index contributed by atoms with van der Waals surface area (Å²) in [6.45, 7) is 7.71. The first-order valence-electron chi connectivity index (χ1n) is 7.89. The van der Waals surface area contributed by atoms with Crippen molar-refractivity contribution in [1.29, 1.82) is 5.26 Å². The third-order valence-corrected chi connectivity index (χ3v) is 4.22. The van der Waals surface area contributed by atoms with Gasteiger partial charge in [-0.3, -0.25) is 4.90 Å².